The zero-order valence-electron chi connectivity index (χ0n) is 10.9. The van der Waals surface area contributed by atoms with E-state index in [9.17, 15) is 0 Å². The van der Waals surface area contributed by atoms with E-state index in [1.807, 2.05) is 12.1 Å². The molecule has 0 bridgehead atoms. The van der Waals surface area contributed by atoms with Gasteiger partial charge in [0.05, 0.1) is 29.5 Å². The summed E-state index contributed by atoms with van der Waals surface area (Å²) in [5.74, 6) is 1.14. The molecule has 0 amide bonds. The van der Waals surface area contributed by atoms with Crippen LogP contribution < -0.4 is 0 Å². The second kappa shape index (κ2) is 5.32. The lowest BCUT2D eigenvalue weighted by Gasteiger charge is -1.97. The highest BCUT2D eigenvalue weighted by atomic mass is 16.4. The lowest BCUT2D eigenvalue weighted by Crippen LogP contribution is -1.78. The Bertz CT molecular complexity index is 775. The maximum atomic E-state index is 8.79. The Kier molecular flexibility index (Phi) is 3.21. The summed E-state index contributed by atoms with van der Waals surface area (Å²) in [7, 11) is 0. The van der Waals surface area contributed by atoms with Gasteiger partial charge in [-0.2, -0.15) is 10.5 Å². The van der Waals surface area contributed by atoms with E-state index in [0.29, 0.717) is 22.8 Å². The molecule has 0 saturated heterocycles. The van der Waals surface area contributed by atoms with E-state index < -0.39 is 0 Å². The first-order valence-corrected chi connectivity index (χ1v) is 6.27. The third-order valence-corrected chi connectivity index (χ3v) is 3.07. The van der Waals surface area contributed by atoms with Crippen LogP contribution >= 0.6 is 0 Å². The van der Waals surface area contributed by atoms with Gasteiger partial charge in [-0.25, -0.2) is 4.98 Å². The minimum Gasteiger partial charge on any atom is -0.436 e. The van der Waals surface area contributed by atoms with E-state index >= 15 is 0 Å². The highest BCUT2D eigenvalue weighted by Crippen LogP contribution is 2.26. The van der Waals surface area contributed by atoms with Crippen LogP contribution in [0.2, 0.25) is 0 Å². The maximum absolute atomic E-state index is 8.79. The highest BCUT2D eigenvalue weighted by molar-refractivity contribution is 5.62. The van der Waals surface area contributed by atoms with Crippen molar-refractivity contribution in [2.24, 2.45) is 0 Å². The van der Waals surface area contributed by atoms with Crippen molar-refractivity contribution in [3.63, 3.8) is 0 Å². The number of aromatic nitrogens is 1. The van der Waals surface area contributed by atoms with E-state index in [4.69, 9.17) is 14.9 Å². The molecule has 0 atom stereocenters. The zero-order valence-corrected chi connectivity index (χ0v) is 10.9. The van der Waals surface area contributed by atoms with Crippen molar-refractivity contribution in [2.45, 2.75) is 0 Å². The van der Waals surface area contributed by atoms with Crippen LogP contribution in [0.4, 0.5) is 0 Å². The van der Waals surface area contributed by atoms with E-state index in [1.165, 1.54) is 0 Å². The summed E-state index contributed by atoms with van der Waals surface area (Å²) in [5, 5.41) is 17.6. The topological polar surface area (TPSA) is 73.6 Å². The van der Waals surface area contributed by atoms with Crippen molar-refractivity contribution in [1.82, 2.24) is 4.98 Å². The lowest BCUT2D eigenvalue weighted by atomic mass is 10.1. The Balaban J connectivity index is 1.92. The van der Waals surface area contributed by atoms with Crippen LogP contribution in [0.15, 0.2) is 59.1 Å². The molecule has 21 heavy (non-hydrogen) atoms. The van der Waals surface area contributed by atoms with Crippen molar-refractivity contribution >= 4 is 0 Å². The first-order valence-electron chi connectivity index (χ1n) is 6.27. The van der Waals surface area contributed by atoms with Gasteiger partial charge >= 0.3 is 0 Å². The lowest BCUT2D eigenvalue weighted by molar-refractivity contribution is 0.589. The molecule has 2 aromatic carbocycles. The molecule has 1 heterocycles. The molecule has 0 unspecified atom stereocenters. The monoisotopic (exact) mass is 271 g/mol. The summed E-state index contributed by atoms with van der Waals surface area (Å²) in [5.41, 5.74) is 2.87. The number of benzene rings is 2. The molecule has 4 nitrogen and oxygen atoms in total. The van der Waals surface area contributed by atoms with Gasteiger partial charge in [-0.1, -0.05) is 0 Å². The molecular formula is C17H9N3O. The Morgan fingerprint density at radius 1 is 0.762 bits per heavy atom. The van der Waals surface area contributed by atoms with Crippen LogP contribution in [0.5, 0.6) is 0 Å². The summed E-state index contributed by atoms with van der Waals surface area (Å²) < 4.78 is 5.73. The van der Waals surface area contributed by atoms with Gasteiger partial charge < -0.3 is 4.42 Å². The number of nitriles is 2. The minimum atomic E-state index is 0.499. The first-order chi connectivity index (χ1) is 10.3. The van der Waals surface area contributed by atoms with Crippen LogP contribution in [0.3, 0.4) is 0 Å². The quantitative estimate of drug-likeness (QED) is 0.711. The molecule has 98 valence electrons. The summed E-state index contributed by atoms with van der Waals surface area (Å²) in [6, 6.07) is 18.3. The molecule has 0 aliphatic rings. The first kappa shape index (κ1) is 12.7. The van der Waals surface area contributed by atoms with Gasteiger partial charge in [0.25, 0.3) is 0 Å². The van der Waals surface area contributed by atoms with Crippen molar-refractivity contribution in [1.29, 1.82) is 10.5 Å². The Morgan fingerprint density at radius 3 is 1.81 bits per heavy atom. The smallest absolute Gasteiger partial charge is 0.226 e. The van der Waals surface area contributed by atoms with Crippen molar-refractivity contribution in [3.05, 3.63) is 65.9 Å². The molecular weight excluding hydrogens is 262 g/mol. The predicted molar refractivity (Wildman–Crippen MR) is 76.8 cm³/mol. The Labute approximate surface area is 121 Å². The molecule has 1 aromatic heterocycles. The fourth-order valence-corrected chi connectivity index (χ4v) is 1.94. The standard InChI is InChI=1S/C17H9N3O/c18-9-12-1-5-14(6-2-12)16-11-20-17(21-16)15-7-3-13(10-19)4-8-15/h1-8,11H. The second-order valence-electron chi connectivity index (χ2n) is 4.41. The van der Waals surface area contributed by atoms with Gasteiger partial charge in [0, 0.05) is 11.1 Å². The van der Waals surface area contributed by atoms with Gasteiger partial charge in [-0.15, -0.1) is 0 Å². The van der Waals surface area contributed by atoms with E-state index in [1.54, 1.807) is 42.6 Å². The van der Waals surface area contributed by atoms with Crippen LogP contribution in [-0.4, -0.2) is 4.98 Å². The van der Waals surface area contributed by atoms with Gasteiger partial charge in [-0.3, -0.25) is 0 Å². The number of hydrogen-bond acceptors (Lipinski definition) is 4. The van der Waals surface area contributed by atoms with Crippen LogP contribution in [0, 0.1) is 22.7 Å². The molecule has 0 aliphatic carbocycles. The van der Waals surface area contributed by atoms with Gasteiger partial charge in [0.1, 0.15) is 0 Å². The molecule has 0 aliphatic heterocycles. The fourth-order valence-electron chi connectivity index (χ4n) is 1.94. The van der Waals surface area contributed by atoms with Crippen molar-refractivity contribution < 1.29 is 4.42 Å². The van der Waals surface area contributed by atoms with Crippen molar-refractivity contribution in [2.75, 3.05) is 0 Å². The van der Waals surface area contributed by atoms with Gasteiger partial charge in [-0.05, 0) is 48.5 Å². The summed E-state index contributed by atoms with van der Waals surface area (Å²) in [4.78, 5) is 4.25. The zero-order chi connectivity index (χ0) is 14.7. The molecule has 3 aromatic rings. The van der Waals surface area contributed by atoms with Crippen LogP contribution in [0.25, 0.3) is 22.8 Å². The molecule has 0 N–H and O–H groups in total. The largest absolute Gasteiger partial charge is 0.436 e. The number of rotatable bonds is 2. The van der Waals surface area contributed by atoms with E-state index in [-0.39, 0.29) is 0 Å². The highest BCUT2D eigenvalue weighted by Gasteiger charge is 2.08. The molecule has 4 heteroatoms. The number of oxazole rings is 1. The Hall–Kier alpha value is -3.37. The summed E-state index contributed by atoms with van der Waals surface area (Å²) in [6.45, 7) is 0. The van der Waals surface area contributed by atoms with E-state index in [2.05, 4.69) is 17.1 Å². The summed E-state index contributed by atoms with van der Waals surface area (Å²) >= 11 is 0. The number of nitrogens with zero attached hydrogens (tertiary/aromatic N) is 3. The Morgan fingerprint density at radius 2 is 1.29 bits per heavy atom. The third-order valence-electron chi connectivity index (χ3n) is 3.07. The average molecular weight is 271 g/mol. The van der Waals surface area contributed by atoms with Gasteiger partial charge in [0.15, 0.2) is 5.76 Å². The molecule has 0 spiro atoms. The SMILES string of the molecule is N#Cc1ccc(-c2cnc(-c3ccc(C#N)cc3)o2)cc1. The van der Waals surface area contributed by atoms with Crippen molar-refractivity contribution in [3.8, 4) is 34.9 Å². The summed E-state index contributed by atoms with van der Waals surface area (Å²) in [6.07, 6.45) is 1.65. The molecule has 0 saturated carbocycles. The molecule has 3 rings (SSSR count). The molecule has 0 fully saturated rings. The van der Waals surface area contributed by atoms with Crippen LogP contribution in [0.1, 0.15) is 11.1 Å². The second-order valence-corrected chi connectivity index (χ2v) is 4.41. The number of hydrogen-bond donors (Lipinski definition) is 0. The van der Waals surface area contributed by atoms with Gasteiger partial charge in [0.2, 0.25) is 5.89 Å². The average Bonchev–Trinajstić information content (AvgIpc) is 3.05. The third kappa shape index (κ3) is 2.51. The predicted octanol–water partition coefficient (Wildman–Crippen LogP) is 3.75. The normalized spacial score (nSPS) is 9.81. The van der Waals surface area contributed by atoms with Crippen LogP contribution in [-0.2, 0) is 0 Å². The fraction of sp³-hybridized carbons (Fsp3) is 0. The minimum absolute atomic E-state index is 0.499. The maximum Gasteiger partial charge on any atom is 0.226 e. The van der Waals surface area contributed by atoms with E-state index in [0.717, 1.165) is 11.1 Å². The molecule has 0 radical (unpaired) electrons.